The first-order valence-electron chi connectivity index (χ1n) is 6.96. The molecule has 2 rings (SSSR count). The average Bonchev–Trinajstić information content (AvgIpc) is 2.90. The van der Waals surface area contributed by atoms with Gasteiger partial charge >= 0.3 is 124 Å². The standard InChI is InChI=1S/C16H20F2OSe/c1-3-5-6-11-7-10-14(20-11)12-8-9-13(19-4-2)16(18)15(12)17/h7-10H,3-6,20H2,1-2H3. The van der Waals surface area contributed by atoms with Crippen LogP contribution in [0.4, 0.5) is 8.78 Å². The van der Waals surface area contributed by atoms with Crippen molar-refractivity contribution < 1.29 is 13.5 Å². The van der Waals surface area contributed by atoms with Crippen molar-refractivity contribution in [1.29, 1.82) is 0 Å². The summed E-state index contributed by atoms with van der Waals surface area (Å²) in [6.07, 6.45) is 7.43. The van der Waals surface area contributed by atoms with Gasteiger partial charge in [0.2, 0.25) is 0 Å². The van der Waals surface area contributed by atoms with E-state index in [2.05, 4.69) is 13.0 Å². The van der Waals surface area contributed by atoms with E-state index in [1.54, 1.807) is 13.0 Å². The van der Waals surface area contributed by atoms with E-state index in [0.29, 0.717) is 12.2 Å². The predicted octanol–water partition coefficient (Wildman–Crippen LogP) is 3.96. The Morgan fingerprint density at radius 2 is 1.90 bits per heavy atom. The molecule has 0 spiro atoms. The normalized spacial score (nSPS) is 16.2. The van der Waals surface area contributed by atoms with Crippen molar-refractivity contribution in [3.8, 4) is 5.75 Å². The first-order valence-corrected chi connectivity index (χ1v) is 9.06. The molecule has 110 valence electrons. The molecular weight excluding hydrogens is 325 g/mol. The summed E-state index contributed by atoms with van der Waals surface area (Å²) in [4.78, 5) is 0. The Hall–Kier alpha value is -1.12. The molecule has 1 aromatic carbocycles. The van der Waals surface area contributed by atoms with E-state index in [0.717, 1.165) is 23.7 Å². The summed E-state index contributed by atoms with van der Waals surface area (Å²) in [5.74, 6) is -1.67. The van der Waals surface area contributed by atoms with Crippen LogP contribution in [0.3, 0.4) is 0 Å². The summed E-state index contributed by atoms with van der Waals surface area (Å²) in [5, 5.41) is 0. The van der Waals surface area contributed by atoms with E-state index < -0.39 is 26.6 Å². The molecule has 20 heavy (non-hydrogen) atoms. The average molecular weight is 345 g/mol. The third kappa shape index (κ3) is 3.31. The van der Waals surface area contributed by atoms with Gasteiger partial charge in [0.05, 0.1) is 0 Å². The van der Waals surface area contributed by atoms with Crippen molar-refractivity contribution in [3.63, 3.8) is 0 Å². The topological polar surface area (TPSA) is 9.23 Å². The zero-order chi connectivity index (χ0) is 14.5. The minimum atomic E-state index is -0.876. The van der Waals surface area contributed by atoms with Crippen LogP contribution in [0.5, 0.6) is 5.75 Å². The maximum absolute atomic E-state index is 14.1. The number of hydrogen-bond donors (Lipinski definition) is 0. The van der Waals surface area contributed by atoms with Gasteiger partial charge in [-0.2, -0.15) is 0 Å². The van der Waals surface area contributed by atoms with Gasteiger partial charge in [-0.25, -0.2) is 0 Å². The van der Waals surface area contributed by atoms with Crippen LogP contribution in [-0.4, -0.2) is 21.6 Å². The summed E-state index contributed by atoms with van der Waals surface area (Å²) in [6.45, 7) is 4.24. The Morgan fingerprint density at radius 3 is 2.60 bits per heavy atom. The third-order valence-corrected chi connectivity index (χ3v) is 6.21. The fraction of sp³-hybridized carbons (Fsp3) is 0.375. The van der Waals surface area contributed by atoms with Crippen molar-refractivity contribution >= 4 is 19.4 Å². The number of allylic oxidation sites excluding steroid dienone is 3. The van der Waals surface area contributed by atoms with Crippen LogP contribution in [0, 0.1) is 11.6 Å². The van der Waals surface area contributed by atoms with Gasteiger partial charge in [-0.1, -0.05) is 0 Å². The van der Waals surface area contributed by atoms with Crippen LogP contribution >= 0.6 is 0 Å². The monoisotopic (exact) mass is 346 g/mol. The summed E-state index contributed by atoms with van der Waals surface area (Å²) < 4.78 is 35.4. The second-order valence-electron chi connectivity index (χ2n) is 4.67. The number of ether oxygens (including phenoxy) is 1. The van der Waals surface area contributed by atoms with Crippen LogP contribution in [-0.2, 0) is 0 Å². The summed E-state index contributed by atoms with van der Waals surface area (Å²) in [7, 11) is 0. The molecule has 0 unspecified atom stereocenters. The van der Waals surface area contributed by atoms with Crippen molar-refractivity contribution in [2.24, 2.45) is 0 Å². The molecule has 1 aromatic rings. The second kappa shape index (κ2) is 7.05. The maximum atomic E-state index is 14.1. The molecule has 0 aromatic heterocycles. The van der Waals surface area contributed by atoms with E-state index in [4.69, 9.17) is 4.74 Å². The molecule has 1 nitrogen and oxygen atoms in total. The molecule has 0 saturated heterocycles. The van der Waals surface area contributed by atoms with Gasteiger partial charge in [-0.15, -0.1) is 0 Å². The van der Waals surface area contributed by atoms with Crippen LogP contribution in [0.15, 0.2) is 28.8 Å². The molecule has 0 fully saturated rings. The van der Waals surface area contributed by atoms with E-state index >= 15 is 0 Å². The Balaban J connectivity index is 2.14. The van der Waals surface area contributed by atoms with Crippen LogP contribution in [0.25, 0.3) is 4.47 Å². The van der Waals surface area contributed by atoms with Gasteiger partial charge in [0.1, 0.15) is 0 Å². The molecule has 0 amide bonds. The zero-order valence-corrected chi connectivity index (χ0v) is 13.9. The van der Waals surface area contributed by atoms with Crippen LogP contribution < -0.4 is 4.74 Å². The summed E-state index contributed by atoms with van der Waals surface area (Å²) in [6, 6.07) is 3.16. The van der Waals surface area contributed by atoms with Gasteiger partial charge < -0.3 is 0 Å². The molecule has 1 aliphatic rings. The minimum absolute atomic E-state index is 0.00786. The summed E-state index contributed by atoms with van der Waals surface area (Å²) >= 11 is -0.499. The van der Waals surface area contributed by atoms with Gasteiger partial charge in [0.25, 0.3) is 0 Å². The first kappa shape index (κ1) is 15.3. The van der Waals surface area contributed by atoms with E-state index in [1.807, 2.05) is 6.08 Å². The predicted molar refractivity (Wildman–Crippen MR) is 81.7 cm³/mol. The molecule has 1 heterocycles. The Labute approximate surface area is 124 Å². The molecule has 0 radical (unpaired) electrons. The fourth-order valence-electron chi connectivity index (χ4n) is 2.12. The molecule has 0 aliphatic carbocycles. The molecule has 0 saturated carbocycles. The number of benzene rings is 1. The zero-order valence-electron chi connectivity index (χ0n) is 11.8. The van der Waals surface area contributed by atoms with Crippen molar-refractivity contribution in [1.82, 2.24) is 0 Å². The number of rotatable bonds is 6. The molecular formula is C16H20F2OSe. The molecule has 0 atom stereocenters. The Bertz CT molecular complexity index is 550. The van der Waals surface area contributed by atoms with Crippen LogP contribution in [0.1, 0.15) is 38.7 Å². The molecule has 1 aliphatic heterocycles. The van der Waals surface area contributed by atoms with Gasteiger partial charge in [-0.05, 0) is 0 Å². The van der Waals surface area contributed by atoms with Crippen molar-refractivity contribution in [3.05, 3.63) is 46.0 Å². The van der Waals surface area contributed by atoms with Crippen molar-refractivity contribution in [2.75, 3.05) is 6.61 Å². The van der Waals surface area contributed by atoms with Gasteiger partial charge in [0, 0.05) is 0 Å². The number of halogens is 2. The molecule has 0 N–H and O–H groups in total. The van der Waals surface area contributed by atoms with Crippen LogP contribution in [0.2, 0.25) is 0 Å². The Morgan fingerprint density at radius 1 is 1.10 bits per heavy atom. The first-order chi connectivity index (χ1) is 9.67. The number of hydrogen-bond acceptors (Lipinski definition) is 1. The van der Waals surface area contributed by atoms with E-state index in [1.165, 1.54) is 10.5 Å². The SMILES string of the molecule is CCCCC1=CC=C(c2ccc(OCC)c(F)c2F)[SeH2]1. The Kier molecular flexibility index (Phi) is 5.38. The number of unbranched alkanes of at least 4 members (excludes halogenated alkanes) is 1. The van der Waals surface area contributed by atoms with E-state index in [9.17, 15) is 8.78 Å². The summed E-state index contributed by atoms with van der Waals surface area (Å²) in [5.41, 5.74) is 0.397. The van der Waals surface area contributed by atoms with E-state index in [-0.39, 0.29) is 5.75 Å². The third-order valence-electron chi connectivity index (χ3n) is 3.18. The molecule has 4 heteroatoms. The molecule has 0 bridgehead atoms. The van der Waals surface area contributed by atoms with Crippen molar-refractivity contribution in [2.45, 2.75) is 33.1 Å². The second-order valence-corrected chi connectivity index (χ2v) is 7.68. The van der Waals surface area contributed by atoms with Gasteiger partial charge in [0.15, 0.2) is 0 Å². The quantitative estimate of drug-likeness (QED) is 0.709. The van der Waals surface area contributed by atoms with Gasteiger partial charge in [-0.3, -0.25) is 0 Å². The fourth-order valence-corrected chi connectivity index (χ4v) is 4.86.